The summed E-state index contributed by atoms with van der Waals surface area (Å²) in [6, 6.07) is 5.43. The summed E-state index contributed by atoms with van der Waals surface area (Å²) in [5, 5.41) is 20.5. The minimum Gasteiger partial charge on any atom is -0.480 e. The number of aliphatic carboxylic acids is 1. The number of primary amides is 2. The summed E-state index contributed by atoms with van der Waals surface area (Å²) >= 11 is 0. The highest BCUT2D eigenvalue weighted by molar-refractivity contribution is 5.94. The first-order valence-electron chi connectivity index (χ1n) is 21.4. The van der Waals surface area contributed by atoms with Crippen LogP contribution in [0.4, 0.5) is 0 Å². The number of benzene rings is 1. The molecule has 1 aromatic rings. The molecule has 0 bridgehead atoms. The van der Waals surface area contributed by atoms with Gasteiger partial charge < -0.3 is 37.8 Å². The summed E-state index contributed by atoms with van der Waals surface area (Å²) in [7, 11) is 0. The first-order valence-corrected chi connectivity index (χ1v) is 21.4. The molecule has 1 aromatic carbocycles. The molecule has 320 valence electrons. The van der Waals surface area contributed by atoms with Crippen LogP contribution in [-0.2, 0) is 40.0 Å². The number of unbranched alkanes of at least 4 members (excludes halogenated alkanes) is 11. The fourth-order valence-corrected chi connectivity index (χ4v) is 7.40. The number of carboxylic acid groups (broad SMARTS) is 1. The monoisotopic (exact) mass is 799 g/mol. The van der Waals surface area contributed by atoms with E-state index in [-0.39, 0.29) is 36.5 Å². The number of nitrogens with one attached hydrogen (secondary N) is 4. The molecule has 0 spiro atoms. The lowest BCUT2D eigenvalue weighted by atomic mass is 9.83. The molecule has 1 aliphatic carbocycles. The van der Waals surface area contributed by atoms with Crippen LogP contribution >= 0.6 is 0 Å². The molecule has 57 heavy (non-hydrogen) atoms. The first kappa shape index (κ1) is 48.7. The summed E-state index contributed by atoms with van der Waals surface area (Å²) in [5.74, 6) is -4.45. The molecule has 9 N–H and O–H groups in total. The van der Waals surface area contributed by atoms with Gasteiger partial charge in [0.1, 0.15) is 24.2 Å². The summed E-state index contributed by atoms with van der Waals surface area (Å²) in [6.45, 7) is 3.85. The number of nitrogens with two attached hydrogens (primary N) is 2. The lowest BCUT2D eigenvalue weighted by molar-refractivity contribution is -0.144. The molecular formula is C43H70N6O8. The zero-order chi connectivity index (χ0) is 42.0. The maximum absolute atomic E-state index is 13.2. The molecular weight excluding hydrogens is 729 g/mol. The van der Waals surface area contributed by atoms with Crippen molar-refractivity contribution in [1.82, 2.24) is 21.3 Å². The molecule has 1 aliphatic rings. The highest BCUT2D eigenvalue weighted by atomic mass is 16.4. The van der Waals surface area contributed by atoms with Gasteiger partial charge in [0.2, 0.25) is 35.4 Å². The van der Waals surface area contributed by atoms with Crippen molar-refractivity contribution < 1.29 is 38.7 Å². The van der Waals surface area contributed by atoms with Crippen LogP contribution in [0, 0.1) is 11.8 Å². The molecule has 0 aliphatic heterocycles. The van der Waals surface area contributed by atoms with Crippen molar-refractivity contribution in [3.63, 3.8) is 0 Å². The Morgan fingerprint density at radius 3 is 1.65 bits per heavy atom. The average Bonchev–Trinajstić information content (AvgIpc) is 3.18. The summed E-state index contributed by atoms with van der Waals surface area (Å²) in [4.78, 5) is 87.0. The largest absolute Gasteiger partial charge is 0.480 e. The number of carbonyl (C=O) groups excluding carboxylic acids is 6. The van der Waals surface area contributed by atoms with Gasteiger partial charge in [-0.2, -0.15) is 0 Å². The van der Waals surface area contributed by atoms with Crippen molar-refractivity contribution in [1.29, 1.82) is 0 Å². The lowest BCUT2D eigenvalue weighted by Gasteiger charge is -2.29. The molecule has 1 fully saturated rings. The summed E-state index contributed by atoms with van der Waals surface area (Å²) in [6.07, 6.45) is 17.2. The van der Waals surface area contributed by atoms with Crippen molar-refractivity contribution >= 4 is 41.4 Å². The Hall–Kier alpha value is -4.49. The van der Waals surface area contributed by atoms with E-state index in [2.05, 4.69) is 21.3 Å². The van der Waals surface area contributed by atoms with Crippen LogP contribution < -0.4 is 32.7 Å². The van der Waals surface area contributed by atoms with E-state index in [1.165, 1.54) is 0 Å². The van der Waals surface area contributed by atoms with Gasteiger partial charge in [-0.3, -0.25) is 28.8 Å². The third-order valence-corrected chi connectivity index (χ3v) is 11.1. The van der Waals surface area contributed by atoms with Gasteiger partial charge in [-0.25, -0.2) is 4.79 Å². The zero-order valence-corrected chi connectivity index (χ0v) is 34.4. The van der Waals surface area contributed by atoms with Gasteiger partial charge in [-0.05, 0) is 43.1 Å². The van der Waals surface area contributed by atoms with Gasteiger partial charge >= 0.3 is 5.97 Å². The fourth-order valence-electron chi connectivity index (χ4n) is 7.40. The van der Waals surface area contributed by atoms with E-state index in [0.29, 0.717) is 32.1 Å². The predicted molar refractivity (Wildman–Crippen MR) is 219 cm³/mol. The summed E-state index contributed by atoms with van der Waals surface area (Å²) < 4.78 is 0. The smallest absolute Gasteiger partial charge is 0.326 e. The zero-order valence-electron chi connectivity index (χ0n) is 34.4. The van der Waals surface area contributed by atoms with Gasteiger partial charge in [0.05, 0.1) is 6.42 Å². The van der Waals surface area contributed by atoms with Gasteiger partial charge in [-0.15, -0.1) is 0 Å². The van der Waals surface area contributed by atoms with E-state index in [4.69, 9.17) is 11.5 Å². The van der Waals surface area contributed by atoms with Crippen LogP contribution in [-0.4, -0.2) is 70.7 Å². The van der Waals surface area contributed by atoms with Crippen LogP contribution in [0.5, 0.6) is 0 Å². The van der Waals surface area contributed by atoms with Crippen molar-refractivity contribution in [2.45, 2.75) is 179 Å². The standard InChI is InChI=1S/C43H70N6O8/c1-3-30(2)38(42(55)47-33(40(45)53)28-31-22-16-14-17-23-31)48-37(52)27-21-13-11-9-7-5-4-6-8-10-12-20-26-36(51)46-34(29-35(44)50)41(54)49-39(43(56)57)32-24-18-15-19-25-32/h14,16-17,22-23,30,32-34,38-39H,3-13,15,18-21,24-29H2,1-2H3,(H2,44,50)(H2,45,53)(H,46,51)(H,47,55)(H,48,52)(H,49,54)(H,56,57)/t30?,33-,34+,38+,39?/m1/s1. The van der Waals surface area contributed by atoms with Crippen LogP contribution in [0.15, 0.2) is 30.3 Å². The molecule has 14 nitrogen and oxygen atoms in total. The quantitative estimate of drug-likeness (QED) is 0.0537. The average molecular weight is 799 g/mol. The van der Waals surface area contributed by atoms with Crippen molar-refractivity contribution in [3.8, 4) is 0 Å². The Balaban J connectivity index is 1.55. The van der Waals surface area contributed by atoms with Gasteiger partial charge in [0.15, 0.2) is 0 Å². The molecule has 2 unspecified atom stereocenters. The molecule has 0 saturated heterocycles. The molecule has 6 amide bonds. The van der Waals surface area contributed by atoms with E-state index in [9.17, 15) is 38.7 Å². The molecule has 0 radical (unpaired) electrons. The maximum atomic E-state index is 13.2. The Kier molecular flexibility index (Phi) is 23.9. The van der Waals surface area contributed by atoms with Crippen LogP contribution in [0.25, 0.3) is 0 Å². The number of carbonyl (C=O) groups is 7. The third kappa shape index (κ3) is 20.5. The van der Waals surface area contributed by atoms with E-state index < -0.39 is 60.2 Å². The normalized spacial score (nSPS) is 15.6. The summed E-state index contributed by atoms with van der Waals surface area (Å²) in [5.41, 5.74) is 11.8. The molecule has 5 atom stereocenters. The molecule has 2 rings (SSSR count). The number of hydrogen-bond donors (Lipinski definition) is 7. The Morgan fingerprint density at radius 2 is 1.18 bits per heavy atom. The van der Waals surface area contributed by atoms with Crippen molar-refractivity contribution in [3.05, 3.63) is 35.9 Å². The highest BCUT2D eigenvalue weighted by Gasteiger charge is 2.34. The first-order chi connectivity index (χ1) is 27.3. The van der Waals surface area contributed by atoms with Gasteiger partial charge in [0, 0.05) is 19.3 Å². The molecule has 1 saturated carbocycles. The van der Waals surface area contributed by atoms with Crippen LogP contribution in [0.2, 0.25) is 0 Å². The van der Waals surface area contributed by atoms with Gasteiger partial charge in [-0.1, -0.05) is 134 Å². The highest BCUT2D eigenvalue weighted by Crippen LogP contribution is 2.27. The van der Waals surface area contributed by atoms with E-state index in [0.717, 1.165) is 95.5 Å². The number of carboxylic acids is 1. The van der Waals surface area contributed by atoms with Crippen molar-refractivity contribution in [2.24, 2.45) is 23.3 Å². The molecule has 14 heteroatoms. The minimum absolute atomic E-state index is 0.117. The number of hydrogen-bond acceptors (Lipinski definition) is 7. The minimum atomic E-state index is -1.21. The Labute approximate surface area is 339 Å². The fraction of sp³-hybridized carbons (Fsp3) is 0.698. The van der Waals surface area contributed by atoms with E-state index in [1.807, 2.05) is 44.2 Å². The third-order valence-electron chi connectivity index (χ3n) is 11.1. The van der Waals surface area contributed by atoms with Crippen molar-refractivity contribution in [2.75, 3.05) is 0 Å². The lowest BCUT2D eigenvalue weighted by Crippen LogP contribution is -2.55. The second kappa shape index (κ2) is 28.0. The predicted octanol–water partition coefficient (Wildman–Crippen LogP) is 4.70. The number of rotatable bonds is 30. The Morgan fingerprint density at radius 1 is 0.667 bits per heavy atom. The number of amides is 6. The Bertz CT molecular complexity index is 1400. The topological polar surface area (TPSA) is 240 Å². The maximum Gasteiger partial charge on any atom is 0.326 e. The molecule has 0 aromatic heterocycles. The van der Waals surface area contributed by atoms with Crippen LogP contribution in [0.3, 0.4) is 0 Å². The van der Waals surface area contributed by atoms with E-state index in [1.54, 1.807) is 0 Å². The van der Waals surface area contributed by atoms with Gasteiger partial charge in [0.25, 0.3) is 0 Å². The van der Waals surface area contributed by atoms with Crippen LogP contribution in [0.1, 0.15) is 154 Å². The SMILES string of the molecule is CCC(C)[C@H](NC(=O)CCCCCCCCCCCCCCC(=O)N[C@@H](CC(N)=O)C(=O)NC(C(=O)O)C1CCCCC1)C(=O)N[C@H](Cc1ccccc1)C(N)=O. The second-order valence-corrected chi connectivity index (χ2v) is 15.8. The van der Waals surface area contributed by atoms with E-state index >= 15 is 0 Å². The molecule has 0 heterocycles. The second-order valence-electron chi connectivity index (χ2n) is 15.8.